The number of nitrogens with zero attached hydrogens (tertiary/aromatic N) is 3. The predicted octanol–water partition coefficient (Wildman–Crippen LogP) is 9.04. The Labute approximate surface area is 208 Å². The van der Waals surface area contributed by atoms with Crippen LogP contribution in [0, 0.1) is 22.7 Å². The summed E-state index contributed by atoms with van der Waals surface area (Å²) in [5.41, 5.74) is 3.63. The first kappa shape index (κ1) is 26.4. The number of unbranched alkanes of at least 4 members (excludes halogenated alkanes) is 6. The second kappa shape index (κ2) is 13.6. The summed E-state index contributed by atoms with van der Waals surface area (Å²) in [4.78, 5) is 9.30. The maximum Gasteiger partial charge on any atom is 0.159 e. The highest BCUT2D eigenvalue weighted by Gasteiger charge is 2.36. The number of hydrogen-bond donors (Lipinski definition) is 0. The van der Waals surface area contributed by atoms with Crippen LogP contribution < -0.4 is 0 Å². The number of aryl methyl sites for hydroxylation is 1. The number of nitriles is 1. The monoisotopic (exact) mass is 459 g/mol. The van der Waals surface area contributed by atoms with Gasteiger partial charge in [-0.2, -0.15) is 5.26 Å². The van der Waals surface area contributed by atoms with Crippen LogP contribution in [0.5, 0.6) is 0 Å². The first-order valence-corrected chi connectivity index (χ1v) is 13.9. The second-order valence-electron chi connectivity index (χ2n) is 10.8. The zero-order chi connectivity index (χ0) is 24.2. The quantitative estimate of drug-likeness (QED) is 0.281. The summed E-state index contributed by atoms with van der Waals surface area (Å²) in [6.07, 6.45) is 20.9. The molecule has 3 rings (SSSR count). The fourth-order valence-corrected chi connectivity index (χ4v) is 5.50. The minimum atomic E-state index is -0.101. The minimum Gasteiger partial charge on any atom is -0.236 e. The lowest BCUT2D eigenvalue weighted by Gasteiger charge is -2.36. The molecule has 1 saturated carbocycles. The number of aromatic nitrogens is 2. The van der Waals surface area contributed by atoms with E-state index in [1.165, 1.54) is 56.1 Å². The Kier molecular flexibility index (Phi) is 10.6. The van der Waals surface area contributed by atoms with Gasteiger partial charge in [-0.3, -0.25) is 0 Å². The summed E-state index contributed by atoms with van der Waals surface area (Å²) in [7, 11) is 0. The first-order valence-electron chi connectivity index (χ1n) is 13.9. The van der Waals surface area contributed by atoms with Crippen LogP contribution in [-0.2, 0) is 6.42 Å². The second-order valence-corrected chi connectivity index (χ2v) is 10.8. The number of hydrogen-bond acceptors (Lipinski definition) is 3. The molecule has 3 nitrogen and oxygen atoms in total. The smallest absolute Gasteiger partial charge is 0.159 e. The summed E-state index contributed by atoms with van der Waals surface area (Å²) in [5, 5.41) is 9.86. The Morgan fingerprint density at radius 2 is 1.56 bits per heavy atom. The van der Waals surface area contributed by atoms with E-state index >= 15 is 0 Å². The van der Waals surface area contributed by atoms with Gasteiger partial charge in [0.1, 0.15) is 0 Å². The number of benzene rings is 1. The molecule has 184 valence electrons. The summed E-state index contributed by atoms with van der Waals surface area (Å²) in [5.74, 6) is 2.02. The van der Waals surface area contributed by atoms with Crippen LogP contribution in [0.4, 0.5) is 0 Å². The molecule has 1 heterocycles. The fraction of sp³-hybridized carbons (Fsp3) is 0.645. The van der Waals surface area contributed by atoms with E-state index in [0.717, 1.165) is 56.3 Å². The Hall–Kier alpha value is -2.21. The lowest BCUT2D eigenvalue weighted by atomic mass is 9.66. The van der Waals surface area contributed by atoms with Crippen molar-refractivity contribution in [2.45, 2.75) is 117 Å². The van der Waals surface area contributed by atoms with Gasteiger partial charge in [-0.1, -0.05) is 90.0 Å². The van der Waals surface area contributed by atoms with E-state index in [0.29, 0.717) is 11.8 Å². The largest absolute Gasteiger partial charge is 0.236 e. The van der Waals surface area contributed by atoms with Gasteiger partial charge in [-0.25, -0.2) is 9.97 Å². The average Bonchev–Trinajstić information content (AvgIpc) is 2.89. The van der Waals surface area contributed by atoms with Crippen LogP contribution in [0.2, 0.25) is 0 Å². The lowest BCUT2D eigenvalue weighted by molar-refractivity contribution is 0.198. The van der Waals surface area contributed by atoms with E-state index in [4.69, 9.17) is 0 Å². The molecule has 2 aromatic rings. The Balaban J connectivity index is 1.48. The molecule has 1 fully saturated rings. The molecule has 1 atom stereocenters. The molecule has 0 bridgehead atoms. The van der Waals surface area contributed by atoms with E-state index in [-0.39, 0.29) is 5.41 Å². The van der Waals surface area contributed by atoms with Gasteiger partial charge in [0.15, 0.2) is 5.82 Å². The van der Waals surface area contributed by atoms with Gasteiger partial charge in [0, 0.05) is 18.0 Å². The molecule has 0 radical (unpaired) electrons. The average molecular weight is 460 g/mol. The van der Waals surface area contributed by atoms with E-state index in [2.05, 4.69) is 61.1 Å². The van der Waals surface area contributed by atoms with Crippen LogP contribution in [0.15, 0.2) is 36.7 Å². The van der Waals surface area contributed by atoms with Crippen molar-refractivity contribution in [2.24, 2.45) is 11.3 Å². The molecule has 1 aromatic carbocycles. The third-order valence-electron chi connectivity index (χ3n) is 8.03. The van der Waals surface area contributed by atoms with Crippen LogP contribution in [0.25, 0.3) is 11.4 Å². The standard InChI is InChI=1S/C31H45N3/c1-4-6-7-8-9-10-11-12-26-22-33-30(34-23-26)29-15-13-27(14-16-29)28-17-19-31(24-32,20-18-28)21-25(3)5-2/h13-16,22-23,25,28H,4-12,17-21H2,1-3H3. The van der Waals surface area contributed by atoms with E-state index in [1.54, 1.807) is 0 Å². The maximum absolute atomic E-state index is 9.86. The van der Waals surface area contributed by atoms with Crippen LogP contribution in [0.3, 0.4) is 0 Å². The topological polar surface area (TPSA) is 49.6 Å². The third kappa shape index (κ3) is 7.66. The van der Waals surface area contributed by atoms with Crippen molar-refractivity contribution >= 4 is 0 Å². The van der Waals surface area contributed by atoms with Gasteiger partial charge < -0.3 is 0 Å². The van der Waals surface area contributed by atoms with Crippen LogP contribution >= 0.6 is 0 Å². The van der Waals surface area contributed by atoms with Crippen molar-refractivity contribution in [1.29, 1.82) is 5.26 Å². The van der Waals surface area contributed by atoms with Crippen LogP contribution in [-0.4, -0.2) is 9.97 Å². The summed E-state index contributed by atoms with van der Waals surface area (Å²) < 4.78 is 0. The van der Waals surface area contributed by atoms with E-state index in [1.807, 2.05) is 12.4 Å². The Morgan fingerprint density at radius 3 is 2.15 bits per heavy atom. The minimum absolute atomic E-state index is 0.101. The van der Waals surface area contributed by atoms with Crippen molar-refractivity contribution in [3.8, 4) is 17.5 Å². The third-order valence-corrected chi connectivity index (χ3v) is 8.03. The number of rotatable bonds is 13. The summed E-state index contributed by atoms with van der Waals surface area (Å²) >= 11 is 0. The molecular formula is C31H45N3. The summed E-state index contributed by atoms with van der Waals surface area (Å²) in [6, 6.07) is 11.6. The van der Waals surface area contributed by atoms with Gasteiger partial charge in [0.25, 0.3) is 0 Å². The maximum atomic E-state index is 9.86. The van der Waals surface area contributed by atoms with Crippen molar-refractivity contribution in [3.05, 3.63) is 47.8 Å². The summed E-state index contributed by atoms with van der Waals surface area (Å²) in [6.45, 7) is 6.79. The lowest BCUT2D eigenvalue weighted by Crippen LogP contribution is -2.27. The van der Waals surface area contributed by atoms with Gasteiger partial charge in [0.2, 0.25) is 0 Å². The molecule has 3 heteroatoms. The molecule has 0 aliphatic heterocycles. The van der Waals surface area contributed by atoms with Crippen molar-refractivity contribution in [1.82, 2.24) is 9.97 Å². The normalized spacial score (nSPS) is 21.2. The zero-order valence-corrected chi connectivity index (χ0v) is 21.9. The van der Waals surface area contributed by atoms with Crippen molar-refractivity contribution in [2.75, 3.05) is 0 Å². The highest BCUT2D eigenvalue weighted by Crippen LogP contribution is 2.46. The highest BCUT2D eigenvalue weighted by atomic mass is 14.9. The van der Waals surface area contributed by atoms with Crippen LogP contribution in [0.1, 0.15) is 121 Å². The molecule has 1 unspecified atom stereocenters. The van der Waals surface area contributed by atoms with Gasteiger partial charge in [-0.15, -0.1) is 0 Å². The molecule has 0 N–H and O–H groups in total. The Morgan fingerprint density at radius 1 is 0.941 bits per heavy atom. The first-order chi connectivity index (χ1) is 16.6. The zero-order valence-electron chi connectivity index (χ0n) is 21.9. The van der Waals surface area contributed by atoms with Crippen molar-refractivity contribution in [3.63, 3.8) is 0 Å². The molecular weight excluding hydrogens is 414 g/mol. The van der Waals surface area contributed by atoms with E-state index < -0.39 is 0 Å². The highest BCUT2D eigenvalue weighted by molar-refractivity contribution is 5.55. The van der Waals surface area contributed by atoms with Gasteiger partial charge in [-0.05, 0) is 67.9 Å². The van der Waals surface area contributed by atoms with Gasteiger partial charge in [0.05, 0.1) is 11.5 Å². The molecule has 0 saturated heterocycles. The Bertz CT molecular complexity index is 870. The fourth-order valence-electron chi connectivity index (χ4n) is 5.50. The molecule has 0 amide bonds. The molecule has 1 aliphatic carbocycles. The SMILES string of the molecule is CCCCCCCCCc1cnc(-c2ccc(C3CCC(C#N)(CC(C)CC)CC3)cc2)nc1. The molecule has 1 aliphatic rings. The predicted molar refractivity (Wildman–Crippen MR) is 142 cm³/mol. The molecule has 0 spiro atoms. The van der Waals surface area contributed by atoms with E-state index in [9.17, 15) is 5.26 Å². The molecule has 1 aromatic heterocycles. The van der Waals surface area contributed by atoms with Gasteiger partial charge >= 0.3 is 0 Å². The molecule has 34 heavy (non-hydrogen) atoms. The van der Waals surface area contributed by atoms with Crippen molar-refractivity contribution < 1.29 is 0 Å².